The fraction of sp³-hybridized carbons (Fsp3) is 0.500. The largest absolute Gasteiger partial charge is 0.297 e. The molecule has 0 N–H and O–H groups in total. The van der Waals surface area contributed by atoms with Crippen LogP contribution < -0.4 is 0 Å². The van der Waals surface area contributed by atoms with Crippen LogP contribution in [0, 0.1) is 10.1 Å². The van der Waals surface area contributed by atoms with Gasteiger partial charge in [0.15, 0.2) is 0 Å². The number of rotatable bonds is 4. The molecule has 20 heavy (non-hydrogen) atoms. The van der Waals surface area contributed by atoms with Crippen LogP contribution in [0.5, 0.6) is 0 Å². The first kappa shape index (κ1) is 15.2. The van der Waals surface area contributed by atoms with Gasteiger partial charge in [0, 0.05) is 12.1 Å². The minimum absolute atomic E-state index is 0.0995. The molecule has 1 aliphatic rings. The molecule has 0 saturated heterocycles. The van der Waals surface area contributed by atoms with Crippen LogP contribution in [0.25, 0.3) is 0 Å². The normalized spacial score (nSPS) is 23.4. The number of non-ortho nitro benzene ring substituents is 1. The van der Waals surface area contributed by atoms with Crippen LogP contribution in [0.4, 0.5) is 5.69 Å². The smallest absolute Gasteiger partial charge is 0.261 e. The number of hydrogen-bond acceptors (Lipinski definition) is 5. The Kier molecular flexibility index (Phi) is 4.62. The maximum atomic E-state index is 12.1. The second-order valence-electron chi connectivity index (χ2n) is 4.64. The van der Waals surface area contributed by atoms with Gasteiger partial charge in [-0.05, 0) is 25.0 Å². The summed E-state index contributed by atoms with van der Waals surface area (Å²) in [6.07, 6.45) is 2.63. The van der Waals surface area contributed by atoms with Crippen LogP contribution >= 0.6 is 11.6 Å². The number of alkyl halides is 1. The number of nitrogens with zero attached hydrogens (tertiary/aromatic N) is 1. The minimum Gasteiger partial charge on any atom is -0.261 e. The van der Waals surface area contributed by atoms with Crippen LogP contribution in [0.2, 0.25) is 0 Å². The van der Waals surface area contributed by atoms with E-state index >= 15 is 0 Å². The van der Waals surface area contributed by atoms with Crippen molar-refractivity contribution in [3.8, 4) is 0 Å². The topological polar surface area (TPSA) is 86.5 Å². The van der Waals surface area contributed by atoms with Crippen molar-refractivity contribution < 1.29 is 17.5 Å². The molecular weight excluding hydrogens is 306 g/mol. The second kappa shape index (κ2) is 6.07. The Morgan fingerprint density at radius 1 is 1.20 bits per heavy atom. The van der Waals surface area contributed by atoms with Crippen molar-refractivity contribution in [1.29, 1.82) is 0 Å². The zero-order valence-corrected chi connectivity index (χ0v) is 12.1. The van der Waals surface area contributed by atoms with Gasteiger partial charge in [-0.3, -0.25) is 14.3 Å². The predicted octanol–water partition coefficient (Wildman–Crippen LogP) is 2.85. The summed E-state index contributed by atoms with van der Waals surface area (Å²) in [4.78, 5) is 9.84. The van der Waals surface area contributed by atoms with Gasteiger partial charge in [0.1, 0.15) is 0 Å². The highest BCUT2D eigenvalue weighted by molar-refractivity contribution is 7.86. The van der Waals surface area contributed by atoms with Gasteiger partial charge in [0.05, 0.1) is 21.3 Å². The third-order valence-corrected chi connectivity index (χ3v) is 5.06. The summed E-state index contributed by atoms with van der Waals surface area (Å²) in [6.45, 7) is 0. The highest BCUT2D eigenvalue weighted by Gasteiger charge is 2.30. The maximum absolute atomic E-state index is 12.1. The molecule has 0 radical (unpaired) electrons. The van der Waals surface area contributed by atoms with Crippen molar-refractivity contribution in [3.63, 3.8) is 0 Å². The first-order valence-corrected chi connectivity index (χ1v) is 8.06. The molecule has 2 atom stereocenters. The summed E-state index contributed by atoms with van der Waals surface area (Å²) in [7, 11) is -3.94. The third-order valence-electron chi connectivity index (χ3n) is 3.21. The zero-order valence-electron chi connectivity index (χ0n) is 10.6. The summed E-state index contributed by atoms with van der Waals surface area (Å²) in [5.41, 5.74) is -0.170. The third kappa shape index (κ3) is 3.47. The van der Waals surface area contributed by atoms with E-state index < -0.39 is 21.1 Å². The molecule has 110 valence electrons. The number of nitro groups is 1. The van der Waals surface area contributed by atoms with E-state index in [2.05, 4.69) is 0 Å². The van der Waals surface area contributed by atoms with Gasteiger partial charge in [0.2, 0.25) is 0 Å². The molecular formula is C12H14ClNO5S. The SMILES string of the molecule is O=[N+]([O-])c1ccc(S(=O)(=O)O[C@H]2CCCC[C@@H]2Cl)cc1. The Labute approximate surface area is 122 Å². The number of nitro benzene ring substituents is 1. The minimum atomic E-state index is -3.94. The van der Waals surface area contributed by atoms with Crippen molar-refractivity contribution in [3.05, 3.63) is 34.4 Å². The van der Waals surface area contributed by atoms with E-state index in [1.807, 2.05) is 0 Å². The fourth-order valence-electron chi connectivity index (χ4n) is 2.11. The van der Waals surface area contributed by atoms with Gasteiger partial charge in [-0.2, -0.15) is 8.42 Å². The Bertz CT molecular complexity index is 586. The van der Waals surface area contributed by atoms with Crippen molar-refractivity contribution in [2.45, 2.75) is 42.1 Å². The average molecular weight is 320 g/mol. The molecule has 1 aromatic carbocycles. The van der Waals surface area contributed by atoms with Crippen LogP contribution in [0.3, 0.4) is 0 Å². The molecule has 8 heteroatoms. The summed E-state index contributed by atoms with van der Waals surface area (Å²) >= 11 is 6.06. The van der Waals surface area contributed by atoms with Crippen LogP contribution in [-0.2, 0) is 14.3 Å². The van der Waals surface area contributed by atoms with Gasteiger partial charge in [0.25, 0.3) is 15.8 Å². The van der Waals surface area contributed by atoms with E-state index in [0.717, 1.165) is 31.4 Å². The molecule has 1 aromatic rings. The molecule has 0 heterocycles. The Morgan fingerprint density at radius 3 is 2.35 bits per heavy atom. The lowest BCUT2D eigenvalue weighted by molar-refractivity contribution is -0.384. The highest BCUT2D eigenvalue weighted by Crippen LogP contribution is 2.28. The van der Waals surface area contributed by atoms with E-state index in [1.165, 1.54) is 12.1 Å². The molecule has 0 spiro atoms. The lowest BCUT2D eigenvalue weighted by Crippen LogP contribution is -2.30. The Morgan fingerprint density at radius 2 is 1.80 bits per heavy atom. The summed E-state index contributed by atoms with van der Waals surface area (Å²) in [6, 6.07) is 4.60. The van der Waals surface area contributed by atoms with Crippen LogP contribution in [-0.4, -0.2) is 24.8 Å². The zero-order chi connectivity index (χ0) is 14.8. The molecule has 0 aromatic heterocycles. The first-order chi connectivity index (χ1) is 9.40. The number of hydrogen-bond donors (Lipinski definition) is 0. The molecule has 6 nitrogen and oxygen atoms in total. The van der Waals surface area contributed by atoms with Gasteiger partial charge >= 0.3 is 0 Å². The number of halogens is 1. The second-order valence-corrected chi connectivity index (χ2v) is 6.77. The first-order valence-electron chi connectivity index (χ1n) is 6.22. The van der Waals surface area contributed by atoms with Crippen molar-refractivity contribution in [2.24, 2.45) is 0 Å². The van der Waals surface area contributed by atoms with Gasteiger partial charge in [-0.15, -0.1) is 11.6 Å². The highest BCUT2D eigenvalue weighted by atomic mass is 35.5. The predicted molar refractivity (Wildman–Crippen MR) is 73.3 cm³/mol. The van der Waals surface area contributed by atoms with E-state index in [0.29, 0.717) is 6.42 Å². The molecule has 2 rings (SSSR count). The number of benzene rings is 1. The molecule has 0 amide bonds. The molecule has 0 aliphatic heterocycles. The molecule has 0 unspecified atom stereocenters. The lowest BCUT2D eigenvalue weighted by atomic mass is 9.97. The van der Waals surface area contributed by atoms with Gasteiger partial charge in [-0.1, -0.05) is 12.8 Å². The molecule has 1 aliphatic carbocycles. The van der Waals surface area contributed by atoms with E-state index in [4.69, 9.17) is 15.8 Å². The van der Waals surface area contributed by atoms with E-state index in [-0.39, 0.29) is 16.0 Å². The van der Waals surface area contributed by atoms with Crippen molar-refractivity contribution in [1.82, 2.24) is 0 Å². The average Bonchev–Trinajstić information content (AvgIpc) is 2.41. The standard InChI is InChI=1S/C12H14ClNO5S/c13-11-3-1-2-4-12(11)19-20(17,18)10-7-5-9(6-8-10)14(15)16/h5-8,11-12H,1-4H2/t11-,12-/m0/s1. The van der Waals surface area contributed by atoms with Gasteiger partial charge < -0.3 is 0 Å². The van der Waals surface area contributed by atoms with Gasteiger partial charge in [-0.25, -0.2) is 0 Å². The lowest BCUT2D eigenvalue weighted by Gasteiger charge is -2.26. The van der Waals surface area contributed by atoms with Crippen molar-refractivity contribution >= 4 is 27.4 Å². The maximum Gasteiger partial charge on any atom is 0.297 e. The Balaban J connectivity index is 2.15. The van der Waals surface area contributed by atoms with E-state index in [9.17, 15) is 18.5 Å². The monoisotopic (exact) mass is 319 g/mol. The van der Waals surface area contributed by atoms with Crippen molar-refractivity contribution in [2.75, 3.05) is 0 Å². The fourth-order valence-corrected chi connectivity index (χ4v) is 3.64. The summed E-state index contributed by atoms with van der Waals surface area (Å²) in [5.74, 6) is 0. The molecule has 1 fully saturated rings. The van der Waals surface area contributed by atoms with E-state index in [1.54, 1.807) is 0 Å². The van der Waals surface area contributed by atoms with Crippen LogP contribution in [0.1, 0.15) is 25.7 Å². The quantitative estimate of drug-likeness (QED) is 0.368. The summed E-state index contributed by atoms with van der Waals surface area (Å²) in [5, 5.41) is 10.2. The Hall–Kier alpha value is -1.18. The summed E-state index contributed by atoms with van der Waals surface area (Å²) < 4.78 is 29.3. The molecule has 1 saturated carbocycles. The molecule has 0 bridgehead atoms. The van der Waals surface area contributed by atoms with Crippen LogP contribution in [0.15, 0.2) is 29.2 Å².